The van der Waals surface area contributed by atoms with Crippen molar-refractivity contribution in [2.24, 2.45) is 0 Å². The topological polar surface area (TPSA) is 63.2 Å². The highest BCUT2D eigenvalue weighted by atomic mass is 32.1. The van der Waals surface area contributed by atoms with Crippen LogP contribution in [0.2, 0.25) is 0 Å². The largest absolute Gasteiger partial charge is 0.383 e. The van der Waals surface area contributed by atoms with Crippen LogP contribution in [0.5, 0.6) is 0 Å². The Morgan fingerprint density at radius 1 is 1.32 bits per heavy atom. The van der Waals surface area contributed by atoms with Crippen molar-refractivity contribution >= 4 is 28.1 Å². The molecule has 2 N–H and O–H groups in total. The van der Waals surface area contributed by atoms with E-state index in [2.05, 4.69) is 28.6 Å². The number of rotatable bonds is 6. The smallest absolute Gasteiger partial charge is 0.263 e. The van der Waals surface area contributed by atoms with Gasteiger partial charge in [0.25, 0.3) is 5.91 Å². The Hall–Kier alpha value is -1.92. The normalized spacial score (nSPS) is 10.5. The molecule has 1 aromatic heterocycles. The number of nitrogens with one attached hydrogen (secondary N) is 2. The first-order chi connectivity index (χ1) is 10.5. The maximum absolute atomic E-state index is 12.1. The number of carbonyl (C=O) groups excluding carboxylic acids is 1. The molecule has 0 aliphatic carbocycles. The molecule has 0 radical (unpaired) electrons. The minimum atomic E-state index is -0.110. The fraction of sp³-hybridized carbons (Fsp3) is 0.375. The summed E-state index contributed by atoms with van der Waals surface area (Å²) in [6.07, 6.45) is 0. The summed E-state index contributed by atoms with van der Waals surface area (Å²) >= 11 is 1.36. The van der Waals surface area contributed by atoms with Gasteiger partial charge in [0.2, 0.25) is 0 Å². The zero-order valence-electron chi connectivity index (χ0n) is 13.3. The van der Waals surface area contributed by atoms with E-state index in [0.29, 0.717) is 18.0 Å². The Morgan fingerprint density at radius 2 is 2.09 bits per heavy atom. The second kappa shape index (κ2) is 7.38. The molecular weight excluding hydrogens is 298 g/mol. The standard InChI is InChI=1S/C16H21N3O2S/c1-10-5-6-13(11(2)9-10)19-16-18-12(3)14(22-16)15(20)17-7-8-21-4/h5-6,9H,7-8H2,1-4H3,(H,17,20)(H,18,19). The molecule has 2 aromatic rings. The number of nitrogens with zero attached hydrogens (tertiary/aromatic N) is 1. The number of hydrogen-bond acceptors (Lipinski definition) is 5. The maximum Gasteiger partial charge on any atom is 0.263 e. The van der Waals surface area contributed by atoms with Crippen molar-refractivity contribution in [2.45, 2.75) is 20.8 Å². The molecule has 118 valence electrons. The van der Waals surface area contributed by atoms with Gasteiger partial charge in [0.1, 0.15) is 4.88 Å². The molecule has 6 heteroatoms. The first-order valence-electron chi connectivity index (χ1n) is 7.10. The third kappa shape index (κ3) is 4.05. The fourth-order valence-electron chi connectivity index (χ4n) is 2.08. The average molecular weight is 319 g/mol. The Kier molecular flexibility index (Phi) is 5.51. The highest BCUT2D eigenvalue weighted by molar-refractivity contribution is 7.17. The fourth-order valence-corrected chi connectivity index (χ4v) is 2.97. The first-order valence-corrected chi connectivity index (χ1v) is 7.91. The molecule has 1 aromatic carbocycles. The van der Waals surface area contributed by atoms with Crippen LogP contribution in [0.3, 0.4) is 0 Å². The van der Waals surface area contributed by atoms with Crippen LogP contribution in [-0.2, 0) is 4.74 Å². The summed E-state index contributed by atoms with van der Waals surface area (Å²) in [7, 11) is 1.61. The number of hydrogen-bond donors (Lipinski definition) is 2. The van der Waals surface area contributed by atoms with E-state index in [-0.39, 0.29) is 5.91 Å². The van der Waals surface area contributed by atoms with Crippen molar-refractivity contribution in [3.63, 3.8) is 0 Å². The van der Waals surface area contributed by atoms with E-state index in [9.17, 15) is 4.79 Å². The lowest BCUT2D eigenvalue weighted by Crippen LogP contribution is -2.26. The van der Waals surface area contributed by atoms with Crippen molar-refractivity contribution in [3.05, 3.63) is 39.9 Å². The number of methoxy groups -OCH3 is 1. The van der Waals surface area contributed by atoms with Crippen molar-refractivity contribution in [3.8, 4) is 0 Å². The van der Waals surface area contributed by atoms with Gasteiger partial charge in [0.05, 0.1) is 12.3 Å². The third-order valence-electron chi connectivity index (χ3n) is 3.22. The Labute approximate surface area is 134 Å². The average Bonchev–Trinajstić information content (AvgIpc) is 2.83. The number of carbonyl (C=O) groups is 1. The molecule has 0 saturated heterocycles. The van der Waals surface area contributed by atoms with Crippen LogP contribution in [0.1, 0.15) is 26.5 Å². The molecule has 0 unspecified atom stereocenters. The minimum absolute atomic E-state index is 0.110. The molecule has 0 aliphatic rings. The van der Waals surface area contributed by atoms with Gasteiger partial charge in [0, 0.05) is 19.3 Å². The molecule has 0 aliphatic heterocycles. The van der Waals surface area contributed by atoms with Gasteiger partial charge in [0.15, 0.2) is 5.13 Å². The number of amides is 1. The number of benzene rings is 1. The Bertz CT molecular complexity index is 667. The summed E-state index contributed by atoms with van der Waals surface area (Å²) in [4.78, 5) is 17.2. The van der Waals surface area contributed by atoms with Crippen molar-refractivity contribution < 1.29 is 9.53 Å². The molecule has 0 bridgehead atoms. The van der Waals surface area contributed by atoms with E-state index < -0.39 is 0 Å². The lowest BCUT2D eigenvalue weighted by atomic mass is 10.1. The molecule has 0 atom stereocenters. The summed E-state index contributed by atoms with van der Waals surface area (Å²) in [6.45, 7) is 6.94. The second-order valence-corrected chi connectivity index (χ2v) is 6.12. The molecule has 0 spiro atoms. The summed E-state index contributed by atoms with van der Waals surface area (Å²) in [5, 5.41) is 6.82. The van der Waals surface area contributed by atoms with Crippen LogP contribution < -0.4 is 10.6 Å². The Balaban J connectivity index is 2.10. The highest BCUT2D eigenvalue weighted by Gasteiger charge is 2.15. The number of ether oxygens (including phenoxy) is 1. The van der Waals surface area contributed by atoms with E-state index in [0.717, 1.165) is 22.1 Å². The summed E-state index contributed by atoms with van der Waals surface area (Å²) in [5.41, 5.74) is 4.11. The third-order valence-corrected chi connectivity index (χ3v) is 4.29. The van der Waals surface area contributed by atoms with Crippen LogP contribution >= 0.6 is 11.3 Å². The van der Waals surface area contributed by atoms with Crippen LogP contribution in [0.25, 0.3) is 0 Å². The van der Waals surface area contributed by atoms with Gasteiger partial charge in [-0.25, -0.2) is 4.98 Å². The van der Waals surface area contributed by atoms with E-state index in [1.807, 2.05) is 26.0 Å². The van der Waals surface area contributed by atoms with Crippen LogP contribution in [-0.4, -0.2) is 31.2 Å². The van der Waals surface area contributed by atoms with Crippen LogP contribution in [0.4, 0.5) is 10.8 Å². The molecule has 22 heavy (non-hydrogen) atoms. The second-order valence-electron chi connectivity index (χ2n) is 5.13. The monoisotopic (exact) mass is 319 g/mol. The molecule has 5 nitrogen and oxygen atoms in total. The lowest BCUT2D eigenvalue weighted by molar-refractivity contribution is 0.0940. The van der Waals surface area contributed by atoms with Crippen molar-refractivity contribution in [1.29, 1.82) is 0 Å². The molecule has 0 fully saturated rings. The summed E-state index contributed by atoms with van der Waals surface area (Å²) in [5.74, 6) is -0.110. The van der Waals surface area contributed by atoms with E-state index >= 15 is 0 Å². The predicted molar refractivity (Wildman–Crippen MR) is 90.3 cm³/mol. The molecule has 1 amide bonds. The predicted octanol–water partition coefficient (Wildman–Crippen LogP) is 3.19. The maximum atomic E-state index is 12.1. The van der Waals surface area contributed by atoms with Crippen LogP contribution in [0, 0.1) is 20.8 Å². The number of anilines is 2. The van der Waals surface area contributed by atoms with Gasteiger partial charge >= 0.3 is 0 Å². The lowest BCUT2D eigenvalue weighted by Gasteiger charge is -2.07. The van der Waals surface area contributed by atoms with Crippen LogP contribution in [0.15, 0.2) is 18.2 Å². The van der Waals surface area contributed by atoms with E-state index in [1.165, 1.54) is 16.9 Å². The Morgan fingerprint density at radius 3 is 2.77 bits per heavy atom. The molecule has 0 saturated carbocycles. The van der Waals surface area contributed by atoms with Gasteiger partial charge < -0.3 is 15.4 Å². The SMILES string of the molecule is COCCNC(=O)c1sc(Nc2ccc(C)cc2C)nc1C. The van der Waals surface area contributed by atoms with Gasteiger partial charge in [-0.2, -0.15) is 0 Å². The van der Waals surface area contributed by atoms with Gasteiger partial charge in [-0.05, 0) is 32.4 Å². The van der Waals surface area contributed by atoms with E-state index in [4.69, 9.17) is 4.74 Å². The summed E-state index contributed by atoms with van der Waals surface area (Å²) in [6, 6.07) is 6.19. The molecule has 2 rings (SSSR count). The minimum Gasteiger partial charge on any atom is -0.383 e. The van der Waals surface area contributed by atoms with Gasteiger partial charge in [-0.1, -0.05) is 29.0 Å². The number of aryl methyl sites for hydroxylation is 3. The van der Waals surface area contributed by atoms with Gasteiger partial charge in [-0.3, -0.25) is 4.79 Å². The molecular formula is C16H21N3O2S. The molecule has 1 heterocycles. The quantitative estimate of drug-likeness (QED) is 0.803. The zero-order chi connectivity index (χ0) is 16.1. The zero-order valence-corrected chi connectivity index (χ0v) is 14.1. The van der Waals surface area contributed by atoms with Gasteiger partial charge in [-0.15, -0.1) is 0 Å². The van der Waals surface area contributed by atoms with E-state index in [1.54, 1.807) is 7.11 Å². The van der Waals surface area contributed by atoms with Crippen molar-refractivity contribution in [2.75, 3.05) is 25.6 Å². The first kappa shape index (κ1) is 16.5. The summed E-state index contributed by atoms with van der Waals surface area (Å²) < 4.78 is 4.93. The number of aromatic nitrogens is 1. The highest BCUT2D eigenvalue weighted by Crippen LogP contribution is 2.27. The number of thiazole rings is 1. The van der Waals surface area contributed by atoms with Crippen molar-refractivity contribution in [1.82, 2.24) is 10.3 Å².